The maximum atomic E-state index is 6.08. The summed E-state index contributed by atoms with van der Waals surface area (Å²) in [6.07, 6.45) is 1.26. The molecule has 1 aliphatic rings. The van der Waals surface area contributed by atoms with Gasteiger partial charge in [-0.1, -0.05) is 11.6 Å². The third-order valence-corrected chi connectivity index (χ3v) is 4.14. The molecule has 0 spiro atoms. The zero-order valence-electron chi connectivity index (χ0n) is 8.50. The summed E-state index contributed by atoms with van der Waals surface area (Å²) < 4.78 is 0. The van der Waals surface area contributed by atoms with E-state index in [1.54, 1.807) is 0 Å². The molecule has 0 bridgehead atoms. The Balaban J connectivity index is 1.81. The summed E-state index contributed by atoms with van der Waals surface area (Å²) in [4.78, 5) is 1.14. The van der Waals surface area contributed by atoms with Gasteiger partial charge in [-0.2, -0.15) is 0 Å². The third kappa shape index (κ3) is 3.03. The fourth-order valence-electron chi connectivity index (χ4n) is 1.52. The van der Waals surface area contributed by atoms with Crippen molar-refractivity contribution >= 4 is 29.1 Å². The monoisotopic (exact) mass is 242 g/mol. The molecule has 2 rings (SSSR count). The molecule has 1 aromatic carbocycles. The molecule has 0 amide bonds. The number of benzene rings is 1. The lowest BCUT2D eigenvalue weighted by Gasteiger charge is -2.26. The molecule has 3 N–H and O–H groups in total. The lowest BCUT2D eigenvalue weighted by atomic mass is 10.0. The molecule has 82 valence electrons. The molecule has 1 aromatic rings. The van der Waals surface area contributed by atoms with Gasteiger partial charge in [0.25, 0.3) is 0 Å². The van der Waals surface area contributed by atoms with E-state index in [2.05, 4.69) is 5.32 Å². The van der Waals surface area contributed by atoms with Gasteiger partial charge in [0.1, 0.15) is 0 Å². The van der Waals surface area contributed by atoms with Crippen LogP contribution >= 0.6 is 23.4 Å². The minimum Gasteiger partial charge on any atom is -0.399 e. The molecule has 4 heteroatoms. The van der Waals surface area contributed by atoms with Gasteiger partial charge in [0.05, 0.1) is 5.02 Å². The minimum absolute atomic E-state index is 0.729. The lowest BCUT2D eigenvalue weighted by molar-refractivity contribution is 0.341. The van der Waals surface area contributed by atoms with Crippen LogP contribution in [0.4, 0.5) is 5.69 Å². The number of rotatable bonds is 4. The van der Waals surface area contributed by atoms with E-state index in [4.69, 9.17) is 17.3 Å². The number of nitrogen functional groups attached to an aromatic ring is 1. The molecule has 15 heavy (non-hydrogen) atoms. The summed E-state index contributed by atoms with van der Waals surface area (Å²) in [6.45, 7) is 2.35. The van der Waals surface area contributed by atoms with Crippen molar-refractivity contribution in [2.45, 2.75) is 11.3 Å². The van der Waals surface area contributed by atoms with Gasteiger partial charge in [0, 0.05) is 10.6 Å². The van der Waals surface area contributed by atoms with Gasteiger partial charge in [0.2, 0.25) is 0 Å². The summed E-state index contributed by atoms with van der Waals surface area (Å²) in [7, 11) is 0. The molecule has 1 fully saturated rings. The van der Waals surface area contributed by atoms with Crippen molar-refractivity contribution in [2.75, 3.05) is 24.6 Å². The Kier molecular flexibility index (Phi) is 3.78. The topological polar surface area (TPSA) is 38.0 Å². The predicted octanol–water partition coefficient (Wildman–Crippen LogP) is 2.62. The molecule has 0 aliphatic carbocycles. The SMILES string of the molecule is Nc1ccc(SCCC2CNC2)c(Cl)c1. The molecule has 0 radical (unpaired) electrons. The van der Waals surface area contributed by atoms with E-state index >= 15 is 0 Å². The Morgan fingerprint density at radius 3 is 2.87 bits per heavy atom. The average molecular weight is 243 g/mol. The zero-order chi connectivity index (χ0) is 10.7. The van der Waals surface area contributed by atoms with Crippen LogP contribution in [-0.2, 0) is 0 Å². The highest BCUT2D eigenvalue weighted by molar-refractivity contribution is 7.99. The summed E-state index contributed by atoms with van der Waals surface area (Å²) in [5.74, 6) is 2.00. The van der Waals surface area contributed by atoms with E-state index in [-0.39, 0.29) is 0 Å². The van der Waals surface area contributed by atoms with Gasteiger partial charge in [-0.05, 0) is 49.4 Å². The second kappa shape index (κ2) is 5.10. The van der Waals surface area contributed by atoms with Crippen LogP contribution in [0.5, 0.6) is 0 Å². The number of anilines is 1. The molecular weight excluding hydrogens is 228 g/mol. The molecule has 2 nitrogen and oxygen atoms in total. The largest absolute Gasteiger partial charge is 0.399 e. The van der Waals surface area contributed by atoms with Crippen molar-refractivity contribution in [2.24, 2.45) is 5.92 Å². The predicted molar refractivity (Wildman–Crippen MR) is 67.6 cm³/mol. The second-order valence-corrected chi connectivity index (χ2v) is 5.40. The van der Waals surface area contributed by atoms with Crippen LogP contribution in [0.15, 0.2) is 23.1 Å². The quantitative estimate of drug-likeness (QED) is 0.630. The number of halogens is 1. The maximum absolute atomic E-state index is 6.08. The van der Waals surface area contributed by atoms with Crippen LogP contribution in [0.25, 0.3) is 0 Å². The van der Waals surface area contributed by atoms with Crippen LogP contribution in [0.3, 0.4) is 0 Å². The zero-order valence-corrected chi connectivity index (χ0v) is 10.1. The smallest absolute Gasteiger partial charge is 0.0562 e. The van der Waals surface area contributed by atoms with Crippen molar-refractivity contribution in [3.63, 3.8) is 0 Å². The Labute approximate surface area is 99.6 Å². The summed E-state index contributed by atoms with van der Waals surface area (Å²) in [5, 5.41) is 4.05. The van der Waals surface area contributed by atoms with Crippen LogP contribution < -0.4 is 11.1 Å². The van der Waals surface area contributed by atoms with E-state index in [0.717, 1.165) is 27.3 Å². The van der Waals surface area contributed by atoms with Crippen LogP contribution in [0.2, 0.25) is 5.02 Å². The average Bonchev–Trinajstić information content (AvgIpc) is 2.12. The molecule has 0 unspecified atom stereocenters. The molecular formula is C11H15ClN2S. The van der Waals surface area contributed by atoms with E-state index < -0.39 is 0 Å². The number of nitrogens with two attached hydrogens (primary N) is 1. The molecule has 0 saturated carbocycles. The normalized spacial score (nSPS) is 16.3. The highest BCUT2D eigenvalue weighted by Gasteiger charge is 2.15. The number of thioether (sulfide) groups is 1. The minimum atomic E-state index is 0.729. The van der Waals surface area contributed by atoms with Crippen molar-refractivity contribution in [3.8, 4) is 0 Å². The van der Waals surface area contributed by atoms with E-state index in [1.165, 1.54) is 19.5 Å². The van der Waals surface area contributed by atoms with Crippen molar-refractivity contribution < 1.29 is 0 Å². The Morgan fingerprint density at radius 2 is 2.27 bits per heavy atom. The Bertz CT molecular complexity index is 339. The maximum Gasteiger partial charge on any atom is 0.0562 e. The fraction of sp³-hybridized carbons (Fsp3) is 0.455. The highest BCUT2D eigenvalue weighted by atomic mass is 35.5. The molecule has 0 aromatic heterocycles. The van der Waals surface area contributed by atoms with Gasteiger partial charge < -0.3 is 11.1 Å². The summed E-state index contributed by atoms with van der Waals surface area (Å²) in [5.41, 5.74) is 6.36. The highest BCUT2D eigenvalue weighted by Crippen LogP contribution is 2.30. The van der Waals surface area contributed by atoms with Gasteiger partial charge in [0.15, 0.2) is 0 Å². The van der Waals surface area contributed by atoms with Gasteiger partial charge in [-0.25, -0.2) is 0 Å². The van der Waals surface area contributed by atoms with Gasteiger partial charge in [-0.15, -0.1) is 11.8 Å². The first kappa shape index (κ1) is 11.1. The number of hydrogen-bond acceptors (Lipinski definition) is 3. The van der Waals surface area contributed by atoms with Crippen molar-refractivity contribution in [3.05, 3.63) is 23.2 Å². The third-order valence-electron chi connectivity index (χ3n) is 2.61. The van der Waals surface area contributed by atoms with Crippen LogP contribution in [0, 0.1) is 5.92 Å². The first-order chi connectivity index (χ1) is 7.25. The van der Waals surface area contributed by atoms with Crippen molar-refractivity contribution in [1.82, 2.24) is 5.32 Å². The van der Waals surface area contributed by atoms with Crippen molar-refractivity contribution in [1.29, 1.82) is 0 Å². The molecule has 1 saturated heterocycles. The van der Waals surface area contributed by atoms with E-state index in [9.17, 15) is 0 Å². The number of nitrogens with one attached hydrogen (secondary N) is 1. The Hall–Kier alpha value is -0.380. The molecule has 1 aliphatic heterocycles. The molecule has 0 atom stereocenters. The lowest BCUT2D eigenvalue weighted by Crippen LogP contribution is -2.42. The fourth-order valence-corrected chi connectivity index (χ4v) is 2.91. The first-order valence-electron chi connectivity index (χ1n) is 5.14. The van der Waals surface area contributed by atoms with Gasteiger partial charge >= 0.3 is 0 Å². The molecule has 1 heterocycles. The van der Waals surface area contributed by atoms with Crippen LogP contribution in [0.1, 0.15) is 6.42 Å². The first-order valence-corrected chi connectivity index (χ1v) is 6.50. The summed E-state index contributed by atoms with van der Waals surface area (Å²) >= 11 is 7.90. The standard InChI is InChI=1S/C11H15ClN2S/c12-10-5-9(13)1-2-11(10)15-4-3-8-6-14-7-8/h1-2,5,8,14H,3-4,6-7,13H2. The van der Waals surface area contributed by atoms with Crippen LogP contribution in [-0.4, -0.2) is 18.8 Å². The Morgan fingerprint density at radius 1 is 1.47 bits per heavy atom. The van der Waals surface area contributed by atoms with E-state index in [0.29, 0.717) is 0 Å². The van der Waals surface area contributed by atoms with Gasteiger partial charge in [-0.3, -0.25) is 0 Å². The summed E-state index contributed by atoms with van der Waals surface area (Å²) in [6, 6.07) is 5.72. The number of hydrogen-bond donors (Lipinski definition) is 2. The second-order valence-electron chi connectivity index (χ2n) is 3.85. The van der Waals surface area contributed by atoms with E-state index in [1.807, 2.05) is 30.0 Å².